The molecule has 6 heteroatoms. The summed E-state index contributed by atoms with van der Waals surface area (Å²) in [5, 5.41) is 0. The van der Waals surface area contributed by atoms with Crippen molar-refractivity contribution in [1.82, 2.24) is 0 Å². The van der Waals surface area contributed by atoms with E-state index in [0.29, 0.717) is 19.3 Å². The number of allylic oxidation sites excluding steroid dienone is 2. The SMILES string of the molecule is CCCCCCCCCC/C=C\CCCCCCCCCCCCCCCC(=O)OCC(COC(=O)CCCCCCCCCCCC)OC(=O)CCCCCCCCCCCCCCCCCCCCCCCCCCC. The van der Waals surface area contributed by atoms with Crippen LogP contribution in [0.25, 0.3) is 0 Å². The van der Waals surface area contributed by atoms with Gasteiger partial charge in [0.05, 0.1) is 0 Å². The topological polar surface area (TPSA) is 78.9 Å². The fraction of sp³-hybridized carbons (Fsp3) is 0.931. The third-order valence-corrected chi connectivity index (χ3v) is 16.5. The number of carbonyl (C=O) groups excluding carboxylic acids is 3. The van der Waals surface area contributed by atoms with E-state index in [1.807, 2.05) is 0 Å². The molecular formula is C72H138O6. The number of hydrogen-bond acceptors (Lipinski definition) is 6. The van der Waals surface area contributed by atoms with E-state index in [2.05, 4.69) is 32.9 Å². The second-order valence-electron chi connectivity index (χ2n) is 24.5. The van der Waals surface area contributed by atoms with Crippen LogP contribution in [0.1, 0.15) is 412 Å². The molecule has 462 valence electrons. The van der Waals surface area contributed by atoms with Crippen molar-refractivity contribution in [2.75, 3.05) is 13.2 Å². The highest BCUT2D eigenvalue weighted by molar-refractivity contribution is 5.71. The van der Waals surface area contributed by atoms with E-state index < -0.39 is 6.10 Å². The Balaban J connectivity index is 4.12. The highest BCUT2D eigenvalue weighted by Crippen LogP contribution is 2.19. The average Bonchev–Trinajstić information content (AvgIpc) is 3.44. The van der Waals surface area contributed by atoms with Gasteiger partial charge < -0.3 is 14.2 Å². The first-order valence-corrected chi connectivity index (χ1v) is 35.7. The summed E-state index contributed by atoms with van der Waals surface area (Å²) < 4.78 is 17.0. The molecule has 78 heavy (non-hydrogen) atoms. The molecule has 1 unspecified atom stereocenters. The van der Waals surface area contributed by atoms with Gasteiger partial charge in [-0.1, -0.05) is 360 Å². The van der Waals surface area contributed by atoms with Gasteiger partial charge in [0, 0.05) is 19.3 Å². The molecule has 0 aromatic carbocycles. The normalized spacial score (nSPS) is 12.0. The minimum Gasteiger partial charge on any atom is -0.462 e. The third kappa shape index (κ3) is 65.0. The molecule has 6 nitrogen and oxygen atoms in total. The van der Waals surface area contributed by atoms with E-state index in [9.17, 15) is 14.4 Å². The van der Waals surface area contributed by atoms with Gasteiger partial charge in [0.25, 0.3) is 0 Å². The Bertz CT molecular complexity index is 1210. The van der Waals surface area contributed by atoms with Crippen molar-refractivity contribution in [3.05, 3.63) is 12.2 Å². The highest BCUT2D eigenvalue weighted by atomic mass is 16.6. The van der Waals surface area contributed by atoms with Crippen molar-refractivity contribution in [2.24, 2.45) is 0 Å². The second-order valence-corrected chi connectivity index (χ2v) is 24.5. The summed E-state index contributed by atoms with van der Waals surface area (Å²) in [5.74, 6) is -0.830. The largest absolute Gasteiger partial charge is 0.462 e. The summed E-state index contributed by atoms with van der Waals surface area (Å²) >= 11 is 0. The summed E-state index contributed by atoms with van der Waals surface area (Å²) in [4.78, 5) is 38.3. The molecule has 0 N–H and O–H groups in total. The molecule has 1 atom stereocenters. The van der Waals surface area contributed by atoms with Crippen LogP contribution in [0.2, 0.25) is 0 Å². The van der Waals surface area contributed by atoms with Gasteiger partial charge in [0.1, 0.15) is 13.2 Å². The van der Waals surface area contributed by atoms with Crippen LogP contribution < -0.4 is 0 Å². The molecule has 0 aliphatic rings. The van der Waals surface area contributed by atoms with Gasteiger partial charge >= 0.3 is 17.9 Å². The van der Waals surface area contributed by atoms with Crippen molar-refractivity contribution < 1.29 is 28.6 Å². The Morgan fingerprint density at radius 1 is 0.244 bits per heavy atom. The molecule has 0 aromatic heterocycles. The van der Waals surface area contributed by atoms with Crippen LogP contribution in [0.3, 0.4) is 0 Å². The van der Waals surface area contributed by atoms with Crippen LogP contribution in [-0.2, 0) is 28.6 Å². The zero-order valence-corrected chi connectivity index (χ0v) is 53.2. The van der Waals surface area contributed by atoms with Gasteiger partial charge in [-0.2, -0.15) is 0 Å². The van der Waals surface area contributed by atoms with Crippen LogP contribution in [0.5, 0.6) is 0 Å². The molecule has 0 rings (SSSR count). The lowest BCUT2D eigenvalue weighted by Crippen LogP contribution is -2.30. The average molecular weight is 1100 g/mol. The second kappa shape index (κ2) is 67.7. The van der Waals surface area contributed by atoms with E-state index >= 15 is 0 Å². The Hall–Kier alpha value is -1.85. The number of unbranched alkanes of at least 4 members (excludes halogenated alkanes) is 54. The fourth-order valence-corrected chi connectivity index (χ4v) is 11.2. The smallest absolute Gasteiger partial charge is 0.306 e. The minimum atomic E-state index is -0.765. The molecule has 0 aromatic rings. The Labute approximate surface area is 488 Å². The number of ether oxygens (including phenoxy) is 3. The lowest BCUT2D eigenvalue weighted by Gasteiger charge is -2.18. The van der Waals surface area contributed by atoms with Crippen molar-refractivity contribution in [1.29, 1.82) is 0 Å². The molecule has 0 bridgehead atoms. The van der Waals surface area contributed by atoms with Gasteiger partial charge in [-0.05, 0) is 44.9 Å². The number of carbonyl (C=O) groups is 3. The molecule has 0 saturated carbocycles. The molecule has 0 amide bonds. The maximum atomic E-state index is 12.9. The molecule has 0 fully saturated rings. The zero-order chi connectivity index (χ0) is 56.4. The molecule has 0 heterocycles. The van der Waals surface area contributed by atoms with E-state index in [1.54, 1.807) is 0 Å². The zero-order valence-electron chi connectivity index (χ0n) is 53.2. The van der Waals surface area contributed by atoms with E-state index in [0.717, 1.165) is 57.8 Å². The molecular weight excluding hydrogens is 961 g/mol. The number of hydrogen-bond donors (Lipinski definition) is 0. The fourth-order valence-electron chi connectivity index (χ4n) is 11.2. The summed E-state index contributed by atoms with van der Waals surface area (Å²) in [5.41, 5.74) is 0. The summed E-state index contributed by atoms with van der Waals surface area (Å²) in [7, 11) is 0. The quantitative estimate of drug-likeness (QED) is 0.0261. The molecule has 0 spiro atoms. The highest BCUT2D eigenvalue weighted by Gasteiger charge is 2.19. The maximum Gasteiger partial charge on any atom is 0.306 e. The van der Waals surface area contributed by atoms with Crippen molar-refractivity contribution >= 4 is 17.9 Å². The lowest BCUT2D eigenvalue weighted by atomic mass is 10.0. The monoisotopic (exact) mass is 1100 g/mol. The van der Waals surface area contributed by atoms with Gasteiger partial charge in [-0.3, -0.25) is 14.4 Å². The summed E-state index contributed by atoms with van der Waals surface area (Å²) in [6.07, 6.45) is 81.2. The maximum absolute atomic E-state index is 12.9. The Morgan fingerprint density at radius 3 is 0.641 bits per heavy atom. The lowest BCUT2D eigenvalue weighted by molar-refractivity contribution is -0.167. The first-order valence-electron chi connectivity index (χ1n) is 35.7. The van der Waals surface area contributed by atoms with E-state index in [4.69, 9.17) is 14.2 Å². The van der Waals surface area contributed by atoms with Crippen LogP contribution in [0, 0.1) is 0 Å². The molecule has 0 radical (unpaired) electrons. The van der Waals surface area contributed by atoms with E-state index in [-0.39, 0.29) is 31.1 Å². The first-order chi connectivity index (χ1) is 38.5. The predicted molar refractivity (Wildman–Crippen MR) is 340 cm³/mol. The van der Waals surface area contributed by atoms with Gasteiger partial charge in [0.2, 0.25) is 0 Å². The number of rotatable bonds is 67. The predicted octanol–water partition coefficient (Wildman–Crippen LogP) is 24.4. The molecule has 0 aliphatic heterocycles. The Morgan fingerprint density at radius 2 is 0.423 bits per heavy atom. The van der Waals surface area contributed by atoms with Gasteiger partial charge in [0.15, 0.2) is 6.10 Å². The molecule has 0 aliphatic carbocycles. The van der Waals surface area contributed by atoms with Crippen molar-refractivity contribution in [2.45, 2.75) is 419 Å². The van der Waals surface area contributed by atoms with Crippen LogP contribution >= 0.6 is 0 Å². The number of esters is 3. The van der Waals surface area contributed by atoms with Crippen molar-refractivity contribution in [3.63, 3.8) is 0 Å². The minimum absolute atomic E-state index is 0.0631. The summed E-state index contributed by atoms with van der Waals surface area (Å²) in [6.45, 7) is 6.72. The third-order valence-electron chi connectivity index (χ3n) is 16.5. The van der Waals surface area contributed by atoms with E-state index in [1.165, 1.54) is 315 Å². The van der Waals surface area contributed by atoms with Crippen LogP contribution in [0.15, 0.2) is 12.2 Å². The van der Waals surface area contributed by atoms with Crippen LogP contribution in [-0.4, -0.2) is 37.2 Å². The molecule has 0 saturated heterocycles. The van der Waals surface area contributed by atoms with Gasteiger partial charge in [-0.15, -0.1) is 0 Å². The standard InChI is InChI=1S/C72H138O6/c1-4-7-10-13-16-19-22-24-26-28-30-32-34-36-38-40-42-44-46-48-50-53-56-59-62-65-71(74)77-68-69(67-76-70(73)64-61-58-55-52-21-18-15-12-9-6-3)78-72(75)66-63-60-57-54-51-49-47-45-43-41-39-37-35-33-31-29-27-25-23-20-17-14-11-8-5-2/h28,30,69H,4-27,29,31-68H2,1-3H3/b30-28-. The first kappa shape index (κ1) is 76.1. The van der Waals surface area contributed by atoms with Gasteiger partial charge in [-0.25, -0.2) is 0 Å². The summed E-state index contributed by atoms with van der Waals surface area (Å²) in [6, 6.07) is 0. The van der Waals surface area contributed by atoms with Crippen LogP contribution in [0.4, 0.5) is 0 Å². The Kier molecular flexibility index (Phi) is 66.0. The van der Waals surface area contributed by atoms with Crippen molar-refractivity contribution in [3.8, 4) is 0 Å².